The number of hydrogen-bond acceptors (Lipinski definition) is 8. The minimum absolute atomic E-state index is 0. The molecule has 1 heterocycles. The number of anilines is 3. The van der Waals surface area contributed by atoms with Crippen molar-refractivity contribution in [2.75, 3.05) is 17.2 Å². The van der Waals surface area contributed by atoms with Gasteiger partial charge in [0.1, 0.15) is 0 Å². The van der Waals surface area contributed by atoms with E-state index in [9.17, 15) is 0 Å². The summed E-state index contributed by atoms with van der Waals surface area (Å²) in [5.74, 6) is 0.125. The molecule has 1 aromatic rings. The van der Waals surface area contributed by atoms with Crippen LogP contribution in [0.2, 0.25) is 0 Å². The van der Waals surface area contributed by atoms with E-state index in [2.05, 4.69) is 15.0 Å². The van der Waals surface area contributed by atoms with Crippen LogP contribution in [0, 0.1) is 0 Å². The summed E-state index contributed by atoms with van der Waals surface area (Å²) >= 11 is 0. The standard InChI is InChI=1S/C3H6N6.K.H2O4S.H/c4-1-7-2(5)9-3(6)8-1;;1-5(2,3)4;/h(H6,4,5,6,7,8,9);;(H2,1,2,3,4);/q;+1;;-1. The molecular weight excluding hydrogens is 255 g/mol. The third-order valence-corrected chi connectivity index (χ3v) is 0.687. The van der Waals surface area contributed by atoms with Crippen molar-refractivity contribution in [3.05, 3.63) is 0 Å². The topological polar surface area (TPSA) is 191 Å². The molecule has 1 rings (SSSR count). The van der Waals surface area contributed by atoms with Gasteiger partial charge in [-0.25, -0.2) is 0 Å². The van der Waals surface area contributed by atoms with Crippen molar-refractivity contribution in [2.24, 2.45) is 0 Å². The number of hydrogen-bond donors (Lipinski definition) is 5. The Bertz CT molecular complexity index is 356. The van der Waals surface area contributed by atoms with Crippen molar-refractivity contribution in [1.82, 2.24) is 15.0 Å². The van der Waals surface area contributed by atoms with Crippen molar-refractivity contribution >= 4 is 28.2 Å². The largest absolute Gasteiger partial charge is 1.00 e. The quantitative estimate of drug-likeness (QED) is 0.224. The summed E-state index contributed by atoms with van der Waals surface area (Å²) in [6.07, 6.45) is 0. The summed E-state index contributed by atoms with van der Waals surface area (Å²) < 4.78 is 31.6. The number of nitrogens with zero attached hydrogens (tertiary/aromatic N) is 3. The van der Waals surface area contributed by atoms with E-state index in [4.69, 9.17) is 34.7 Å². The molecule has 0 saturated heterocycles. The number of nitrogens with two attached hydrogens (primary N) is 3. The summed E-state index contributed by atoms with van der Waals surface area (Å²) in [5, 5.41) is 0. The van der Waals surface area contributed by atoms with Gasteiger partial charge in [0.25, 0.3) is 0 Å². The van der Waals surface area contributed by atoms with Crippen molar-refractivity contribution in [1.29, 1.82) is 0 Å². The second-order valence-corrected chi connectivity index (χ2v) is 2.75. The average Bonchev–Trinajstić information content (AvgIpc) is 1.77. The van der Waals surface area contributed by atoms with Gasteiger partial charge in [0.2, 0.25) is 17.8 Å². The van der Waals surface area contributed by atoms with Gasteiger partial charge in [-0.3, -0.25) is 9.11 Å². The number of aromatic nitrogens is 3. The molecule has 12 heteroatoms. The van der Waals surface area contributed by atoms with E-state index in [-0.39, 0.29) is 70.7 Å². The predicted octanol–water partition coefficient (Wildman–Crippen LogP) is -4.92. The molecule has 0 spiro atoms. The van der Waals surface area contributed by atoms with Gasteiger partial charge in [-0.1, -0.05) is 0 Å². The van der Waals surface area contributed by atoms with Gasteiger partial charge < -0.3 is 18.6 Å². The van der Waals surface area contributed by atoms with Gasteiger partial charge in [0.15, 0.2) is 0 Å². The van der Waals surface area contributed by atoms with Gasteiger partial charge in [-0.15, -0.1) is 0 Å². The molecule has 0 aliphatic rings. The molecule has 0 aromatic carbocycles. The van der Waals surface area contributed by atoms with Gasteiger partial charge in [-0.05, 0) is 0 Å². The van der Waals surface area contributed by atoms with Gasteiger partial charge in [-0.2, -0.15) is 23.4 Å². The first-order valence-electron chi connectivity index (χ1n) is 2.91. The van der Waals surface area contributed by atoms with E-state index >= 15 is 0 Å². The number of rotatable bonds is 0. The molecule has 0 saturated carbocycles. The van der Waals surface area contributed by atoms with Crippen LogP contribution in [0.25, 0.3) is 0 Å². The molecule has 0 fully saturated rings. The van der Waals surface area contributed by atoms with Gasteiger partial charge in [0.05, 0.1) is 0 Å². The molecule has 8 N–H and O–H groups in total. The molecule has 0 bridgehead atoms. The summed E-state index contributed by atoms with van der Waals surface area (Å²) in [6.45, 7) is 0. The van der Waals surface area contributed by atoms with Crippen LogP contribution in [-0.2, 0) is 10.4 Å². The molecule has 0 amide bonds. The van der Waals surface area contributed by atoms with E-state index in [0.717, 1.165) is 0 Å². The second-order valence-electron chi connectivity index (χ2n) is 1.86. The first-order chi connectivity index (χ1) is 6.18. The molecule has 0 atom stereocenters. The average molecular weight is 264 g/mol. The summed E-state index contributed by atoms with van der Waals surface area (Å²) in [7, 11) is -4.67. The summed E-state index contributed by atoms with van der Waals surface area (Å²) in [5.41, 5.74) is 15.4. The SMILES string of the molecule is Nc1nc(N)nc(N)n1.O=S(=O)(O)O.[H-].[K+]. The van der Waals surface area contributed by atoms with Crippen LogP contribution < -0.4 is 68.6 Å². The summed E-state index contributed by atoms with van der Waals surface area (Å²) in [6, 6.07) is 0. The Morgan fingerprint density at radius 2 is 1.07 bits per heavy atom. The van der Waals surface area contributed by atoms with Gasteiger partial charge in [0, 0.05) is 0 Å². The molecule has 0 unspecified atom stereocenters. The van der Waals surface area contributed by atoms with Crippen LogP contribution in [0.4, 0.5) is 17.8 Å². The Labute approximate surface area is 129 Å². The van der Waals surface area contributed by atoms with Crippen LogP contribution in [-0.4, -0.2) is 32.5 Å². The fourth-order valence-corrected chi connectivity index (χ4v) is 0.427. The fraction of sp³-hybridized carbons (Fsp3) is 0. The van der Waals surface area contributed by atoms with Crippen LogP contribution >= 0.6 is 0 Å². The van der Waals surface area contributed by atoms with Crippen LogP contribution in [0.1, 0.15) is 1.43 Å². The molecule has 0 radical (unpaired) electrons. The zero-order chi connectivity index (χ0) is 11.4. The predicted molar refractivity (Wildman–Crippen MR) is 48.4 cm³/mol. The Kier molecular flexibility index (Phi) is 8.35. The van der Waals surface area contributed by atoms with E-state index < -0.39 is 10.4 Å². The first kappa shape index (κ1) is 17.3. The zero-order valence-electron chi connectivity index (χ0n) is 8.69. The monoisotopic (exact) mass is 264 g/mol. The van der Waals surface area contributed by atoms with E-state index in [1.807, 2.05) is 0 Å². The second kappa shape index (κ2) is 7.23. The fourth-order valence-electron chi connectivity index (χ4n) is 0.427. The maximum atomic E-state index is 8.74. The van der Waals surface area contributed by atoms with Crippen molar-refractivity contribution in [2.45, 2.75) is 0 Å². The molecule has 10 nitrogen and oxygen atoms in total. The molecule has 1 aromatic heterocycles. The van der Waals surface area contributed by atoms with E-state index in [1.165, 1.54) is 0 Å². The van der Waals surface area contributed by atoms with E-state index in [1.54, 1.807) is 0 Å². The third kappa shape index (κ3) is 13.9. The maximum Gasteiger partial charge on any atom is 1.00 e. The molecule has 15 heavy (non-hydrogen) atoms. The first-order valence-corrected chi connectivity index (χ1v) is 4.30. The Morgan fingerprint density at radius 1 is 0.933 bits per heavy atom. The van der Waals surface area contributed by atoms with Crippen LogP contribution in [0.5, 0.6) is 0 Å². The van der Waals surface area contributed by atoms with Crippen LogP contribution in [0.15, 0.2) is 0 Å². The summed E-state index contributed by atoms with van der Waals surface area (Å²) in [4.78, 5) is 10.5. The Balaban J connectivity index is -0.000000214. The third-order valence-electron chi connectivity index (χ3n) is 0.687. The molecular formula is C3H9KN6O4S. The Hall–Kier alpha value is -0.0836. The van der Waals surface area contributed by atoms with Crippen molar-refractivity contribution < 1.29 is 70.3 Å². The molecule has 0 aliphatic carbocycles. The Morgan fingerprint density at radius 3 is 1.20 bits per heavy atom. The number of nitrogen functional groups attached to an aromatic ring is 3. The minimum atomic E-state index is -4.67. The normalized spacial score (nSPS) is 9.47. The zero-order valence-corrected chi connectivity index (χ0v) is 11.6. The van der Waals surface area contributed by atoms with Crippen molar-refractivity contribution in [3.63, 3.8) is 0 Å². The minimum Gasteiger partial charge on any atom is -1.00 e. The van der Waals surface area contributed by atoms with Crippen molar-refractivity contribution in [3.8, 4) is 0 Å². The smallest absolute Gasteiger partial charge is 1.00 e. The molecule has 0 aliphatic heterocycles. The van der Waals surface area contributed by atoms with E-state index in [0.29, 0.717) is 0 Å². The van der Waals surface area contributed by atoms with Crippen LogP contribution in [0.3, 0.4) is 0 Å². The van der Waals surface area contributed by atoms with Gasteiger partial charge >= 0.3 is 61.8 Å². The molecule has 82 valence electrons. The maximum absolute atomic E-state index is 8.74.